The van der Waals surface area contributed by atoms with Gasteiger partial charge in [0.2, 0.25) is 0 Å². The van der Waals surface area contributed by atoms with Crippen LogP contribution in [0.3, 0.4) is 0 Å². The van der Waals surface area contributed by atoms with Crippen LogP contribution in [-0.4, -0.2) is 62.5 Å². The Labute approximate surface area is 166 Å². The Hall–Kier alpha value is -2.93. The van der Waals surface area contributed by atoms with Gasteiger partial charge in [0.05, 0.1) is 7.11 Å². The molecule has 0 aliphatic rings. The molecule has 1 aromatic heterocycles. The molecule has 0 atom stereocenters. The SMILES string of the molecule is COc1ccc(CCNC(=O)c2cc(C(=O)NCCCN(C)C)ccn2)cc1. The first-order valence-corrected chi connectivity index (χ1v) is 9.29. The van der Waals surface area contributed by atoms with Gasteiger partial charge >= 0.3 is 0 Å². The van der Waals surface area contributed by atoms with Crippen LogP contribution < -0.4 is 15.4 Å². The van der Waals surface area contributed by atoms with E-state index >= 15 is 0 Å². The molecule has 2 rings (SSSR count). The van der Waals surface area contributed by atoms with Crippen molar-refractivity contribution in [3.8, 4) is 5.75 Å². The lowest BCUT2D eigenvalue weighted by atomic mass is 10.1. The number of nitrogens with one attached hydrogen (secondary N) is 2. The third kappa shape index (κ3) is 7.00. The molecule has 0 saturated heterocycles. The van der Waals surface area contributed by atoms with Crippen molar-refractivity contribution in [3.63, 3.8) is 0 Å². The van der Waals surface area contributed by atoms with Crippen molar-refractivity contribution in [1.82, 2.24) is 20.5 Å². The first-order valence-electron chi connectivity index (χ1n) is 9.29. The van der Waals surface area contributed by atoms with Crippen LogP contribution >= 0.6 is 0 Å². The Morgan fingerprint density at radius 2 is 1.75 bits per heavy atom. The van der Waals surface area contributed by atoms with E-state index in [0.29, 0.717) is 25.1 Å². The average molecular weight is 384 g/mol. The fourth-order valence-electron chi connectivity index (χ4n) is 2.60. The first-order chi connectivity index (χ1) is 13.5. The van der Waals surface area contributed by atoms with E-state index in [0.717, 1.165) is 24.3 Å². The number of pyridine rings is 1. The summed E-state index contributed by atoms with van der Waals surface area (Å²) in [5.74, 6) is 0.304. The second-order valence-corrected chi connectivity index (χ2v) is 6.70. The second-order valence-electron chi connectivity index (χ2n) is 6.70. The predicted molar refractivity (Wildman–Crippen MR) is 109 cm³/mol. The topological polar surface area (TPSA) is 83.6 Å². The molecule has 0 saturated carbocycles. The molecule has 0 bridgehead atoms. The molecule has 0 aliphatic heterocycles. The number of benzene rings is 1. The van der Waals surface area contributed by atoms with Gasteiger partial charge in [-0.25, -0.2) is 0 Å². The number of ether oxygens (including phenoxy) is 1. The number of nitrogens with zero attached hydrogens (tertiary/aromatic N) is 2. The molecular weight excluding hydrogens is 356 g/mol. The summed E-state index contributed by atoms with van der Waals surface area (Å²) >= 11 is 0. The number of aromatic nitrogens is 1. The number of carbonyl (C=O) groups excluding carboxylic acids is 2. The molecule has 0 aliphatic carbocycles. The van der Waals surface area contributed by atoms with E-state index < -0.39 is 0 Å². The molecular formula is C21H28N4O3. The van der Waals surface area contributed by atoms with Gasteiger partial charge in [0, 0.05) is 24.8 Å². The van der Waals surface area contributed by atoms with Crippen molar-refractivity contribution in [3.05, 3.63) is 59.4 Å². The summed E-state index contributed by atoms with van der Waals surface area (Å²) in [5.41, 5.74) is 1.76. The lowest BCUT2D eigenvalue weighted by Crippen LogP contribution is -2.29. The quantitative estimate of drug-likeness (QED) is 0.610. The zero-order valence-corrected chi connectivity index (χ0v) is 16.7. The Morgan fingerprint density at radius 3 is 2.43 bits per heavy atom. The summed E-state index contributed by atoms with van der Waals surface area (Å²) in [5, 5.41) is 5.70. The fourth-order valence-corrected chi connectivity index (χ4v) is 2.60. The molecule has 150 valence electrons. The highest BCUT2D eigenvalue weighted by Crippen LogP contribution is 2.11. The summed E-state index contributed by atoms with van der Waals surface area (Å²) in [4.78, 5) is 30.7. The molecule has 7 heteroatoms. The van der Waals surface area contributed by atoms with E-state index in [-0.39, 0.29) is 17.5 Å². The Balaban J connectivity index is 1.82. The summed E-state index contributed by atoms with van der Waals surface area (Å²) in [6.45, 7) is 1.97. The summed E-state index contributed by atoms with van der Waals surface area (Å²) in [7, 11) is 5.61. The van der Waals surface area contributed by atoms with Crippen LogP contribution in [0, 0.1) is 0 Å². The van der Waals surface area contributed by atoms with Crippen LogP contribution in [0.25, 0.3) is 0 Å². The van der Waals surface area contributed by atoms with E-state index in [9.17, 15) is 9.59 Å². The maximum Gasteiger partial charge on any atom is 0.269 e. The lowest BCUT2D eigenvalue weighted by molar-refractivity contribution is 0.0949. The monoisotopic (exact) mass is 384 g/mol. The van der Waals surface area contributed by atoms with Gasteiger partial charge in [0.1, 0.15) is 11.4 Å². The van der Waals surface area contributed by atoms with E-state index in [1.165, 1.54) is 12.3 Å². The van der Waals surface area contributed by atoms with Crippen LogP contribution in [0.5, 0.6) is 5.75 Å². The highest BCUT2D eigenvalue weighted by Gasteiger charge is 2.11. The van der Waals surface area contributed by atoms with Crippen molar-refractivity contribution >= 4 is 11.8 Å². The molecule has 1 aromatic carbocycles. The first kappa shape index (κ1) is 21.4. The summed E-state index contributed by atoms with van der Waals surface area (Å²) in [6, 6.07) is 10.8. The van der Waals surface area contributed by atoms with Crippen molar-refractivity contribution in [2.24, 2.45) is 0 Å². The summed E-state index contributed by atoms with van der Waals surface area (Å²) in [6.07, 6.45) is 3.04. The minimum atomic E-state index is -0.296. The van der Waals surface area contributed by atoms with Gasteiger partial charge < -0.3 is 20.3 Å². The smallest absolute Gasteiger partial charge is 0.269 e. The number of hydrogen-bond donors (Lipinski definition) is 2. The Morgan fingerprint density at radius 1 is 1.04 bits per heavy atom. The molecule has 1 heterocycles. The number of rotatable bonds is 10. The fraction of sp³-hybridized carbons (Fsp3) is 0.381. The molecule has 2 aromatic rings. The zero-order chi connectivity index (χ0) is 20.4. The van der Waals surface area contributed by atoms with Crippen molar-refractivity contribution < 1.29 is 14.3 Å². The van der Waals surface area contributed by atoms with Gasteiger partial charge in [-0.05, 0) is 63.3 Å². The number of methoxy groups -OCH3 is 1. The van der Waals surface area contributed by atoms with Crippen LogP contribution in [0.4, 0.5) is 0 Å². The lowest BCUT2D eigenvalue weighted by Gasteiger charge is -2.10. The Kier molecular flexibility index (Phi) is 8.42. The minimum absolute atomic E-state index is 0.201. The molecule has 28 heavy (non-hydrogen) atoms. The molecule has 2 amide bonds. The molecule has 0 radical (unpaired) electrons. The van der Waals surface area contributed by atoms with E-state index in [1.807, 2.05) is 38.4 Å². The number of amides is 2. The van der Waals surface area contributed by atoms with Gasteiger partial charge in [-0.2, -0.15) is 0 Å². The van der Waals surface area contributed by atoms with Gasteiger partial charge in [0.15, 0.2) is 0 Å². The largest absolute Gasteiger partial charge is 0.497 e. The summed E-state index contributed by atoms with van der Waals surface area (Å²) < 4.78 is 5.13. The van der Waals surface area contributed by atoms with E-state index in [4.69, 9.17) is 4.74 Å². The van der Waals surface area contributed by atoms with Crippen molar-refractivity contribution in [1.29, 1.82) is 0 Å². The second kappa shape index (κ2) is 11.0. The van der Waals surface area contributed by atoms with E-state index in [1.54, 1.807) is 13.2 Å². The van der Waals surface area contributed by atoms with Gasteiger partial charge in [0.25, 0.3) is 11.8 Å². The normalized spacial score (nSPS) is 10.6. The molecule has 0 fully saturated rings. The molecule has 0 spiro atoms. The third-order valence-corrected chi connectivity index (χ3v) is 4.18. The van der Waals surface area contributed by atoms with Crippen LogP contribution in [-0.2, 0) is 6.42 Å². The predicted octanol–water partition coefficient (Wildman–Crippen LogP) is 1.74. The van der Waals surface area contributed by atoms with Crippen LogP contribution in [0.2, 0.25) is 0 Å². The zero-order valence-electron chi connectivity index (χ0n) is 16.7. The standard InChI is InChI=1S/C21H28N4O3/c1-25(2)14-4-11-23-20(26)17-10-13-22-19(15-17)21(27)24-12-9-16-5-7-18(28-3)8-6-16/h5-8,10,13,15H,4,9,11-12,14H2,1-3H3,(H,23,26)(H,24,27). The Bertz CT molecular complexity index is 775. The number of carbonyl (C=O) groups is 2. The van der Waals surface area contributed by atoms with Crippen LogP contribution in [0.1, 0.15) is 32.8 Å². The van der Waals surface area contributed by atoms with Gasteiger partial charge in [-0.15, -0.1) is 0 Å². The molecule has 7 nitrogen and oxygen atoms in total. The minimum Gasteiger partial charge on any atom is -0.497 e. The van der Waals surface area contributed by atoms with Gasteiger partial charge in [-0.1, -0.05) is 12.1 Å². The molecule has 0 unspecified atom stereocenters. The van der Waals surface area contributed by atoms with Crippen molar-refractivity contribution in [2.75, 3.05) is 40.8 Å². The maximum absolute atomic E-state index is 12.3. The van der Waals surface area contributed by atoms with Crippen molar-refractivity contribution in [2.45, 2.75) is 12.8 Å². The van der Waals surface area contributed by atoms with Gasteiger partial charge in [-0.3, -0.25) is 14.6 Å². The van der Waals surface area contributed by atoms with Crippen LogP contribution in [0.15, 0.2) is 42.6 Å². The highest BCUT2D eigenvalue weighted by atomic mass is 16.5. The molecule has 2 N–H and O–H groups in total. The van der Waals surface area contributed by atoms with E-state index in [2.05, 4.69) is 20.5 Å². The maximum atomic E-state index is 12.3. The highest BCUT2D eigenvalue weighted by molar-refractivity contribution is 5.98. The number of hydrogen-bond acceptors (Lipinski definition) is 5. The third-order valence-electron chi connectivity index (χ3n) is 4.18. The average Bonchev–Trinajstić information content (AvgIpc) is 2.71.